The van der Waals surface area contributed by atoms with Gasteiger partial charge >= 0.3 is 0 Å². The van der Waals surface area contributed by atoms with Crippen molar-refractivity contribution in [3.8, 4) is 0 Å². The van der Waals surface area contributed by atoms with E-state index in [0.717, 1.165) is 12.8 Å². The van der Waals surface area contributed by atoms with E-state index in [2.05, 4.69) is 43.4 Å². The lowest BCUT2D eigenvalue weighted by Gasteiger charge is -2.14. The van der Waals surface area contributed by atoms with E-state index in [9.17, 15) is 5.11 Å². The van der Waals surface area contributed by atoms with Crippen LogP contribution < -0.4 is 5.32 Å². The maximum absolute atomic E-state index is 9.63. The Morgan fingerprint density at radius 1 is 1.22 bits per heavy atom. The molecule has 2 N–H and O–H groups in total. The average Bonchev–Trinajstić information content (AvgIpc) is 2.37. The van der Waals surface area contributed by atoms with Gasteiger partial charge in [0.25, 0.3) is 0 Å². The van der Waals surface area contributed by atoms with Crippen LogP contribution in [0.25, 0.3) is 0 Å². The van der Waals surface area contributed by atoms with Gasteiger partial charge in [-0.2, -0.15) is 0 Å². The van der Waals surface area contributed by atoms with Crippen LogP contribution in [0.4, 0.5) is 0 Å². The zero-order valence-electron chi connectivity index (χ0n) is 11.4. The Morgan fingerprint density at radius 3 is 2.61 bits per heavy atom. The van der Waals surface area contributed by atoms with Gasteiger partial charge in [-0.25, -0.2) is 0 Å². The van der Waals surface area contributed by atoms with Gasteiger partial charge in [-0.05, 0) is 18.4 Å². The minimum atomic E-state index is -0.413. The van der Waals surface area contributed by atoms with E-state index in [0.29, 0.717) is 25.8 Å². The maximum atomic E-state index is 9.63. The quantitative estimate of drug-likeness (QED) is 0.660. The third kappa shape index (κ3) is 7.43. The van der Waals surface area contributed by atoms with Gasteiger partial charge in [-0.1, -0.05) is 44.2 Å². The van der Waals surface area contributed by atoms with E-state index < -0.39 is 6.10 Å². The summed E-state index contributed by atoms with van der Waals surface area (Å²) in [6.45, 7) is 5.83. The fraction of sp³-hybridized carbons (Fsp3) is 0.600. The number of nitrogens with one attached hydrogen (secondary N) is 1. The monoisotopic (exact) mass is 251 g/mol. The first-order chi connectivity index (χ1) is 8.68. The third-order valence-corrected chi connectivity index (χ3v) is 2.67. The Kier molecular flexibility index (Phi) is 7.65. The van der Waals surface area contributed by atoms with E-state index in [-0.39, 0.29) is 0 Å². The van der Waals surface area contributed by atoms with Crippen molar-refractivity contribution in [2.24, 2.45) is 0 Å². The molecule has 3 heteroatoms. The maximum Gasteiger partial charge on any atom is 0.0897 e. The molecule has 0 unspecified atom stereocenters. The zero-order chi connectivity index (χ0) is 13.2. The van der Waals surface area contributed by atoms with Crippen LogP contribution in [0.3, 0.4) is 0 Å². The standard InChI is InChI=1S/C15H25NO2/c1-13(2)16-11-15(17)12-18-10-6-9-14-7-4-3-5-8-14/h3-5,7-8,13,15-17H,6,9-12H2,1-2H3/t15-/m0/s1. The van der Waals surface area contributed by atoms with Crippen molar-refractivity contribution in [2.75, 3.05) is 19.8 Å². The molecule has 1 atom stereocenters. The molecular formula is C15H25NO2. The Morgan fingerprint density at radius 2 is 1.94 bits per heavy atom. The summed E-state index contributed by atoms with van der Waals surface area (Å²) < 4.78 is 5.46. The molecule has 0 aromatic heterocycles. The van der Waals surface area contributed by atoms with Crippen molar-refractivity contribution in [1.29, 1.82) is 0 Å². The van der Waals surface area contributed by atoms with Gasteiger partial charge in [0.05, 0.1) is 12.7 Å². The molecule has 0 spiro atoms. The van der Waals surface area contributed by atoms with Crippen LogP contribution in [-0.4, -0.2) is 37.0 Å². The highest BCUT2D eigenvalue weighted by molar-refractivity contribution is 5.14. The summed E-state index contributed by atoms with van der Waals surface area (Å²) >= 11 is 0. The normalized spacial score (nSPS) is 12.9. The largest absolute Gasteiger partial charge is 0.389 e. The SMILES string of the molecule is CC(C)NC[C@H](O)COCCCc1ccccc1. The second-order valence-corrected chi connectivity index (χ2v) is 4.88. The molecule has 0 radical (unpaired) electrons. The summed E-state index contributed by atoms with van der Waals surface area (Å²) in [4.78, 5) is 0. The molecule has 0 fully saturated rings. The molecule has 0 bridgehead atoms. The van der Waals surface area contributed by atoms with E-state index >= 15 is 0 Å². The summed E-state index contributed by atoms with van der Waals surface area (Å²) in [5.41, 5.74) is 1.34. The predicted octanol–water partition coefficient (Wildman–Crippen LogP) is 1.99. The lowest BCUT2D eigenvalue weighted by molar-refractivity contribution is 0.0353. The van der Waals surface area contributed by atoms with Crippen molar-refractivity contribution >= 4 is 0 Å². The van der Waals surface area contributed by atoms with Crippen molar-refractivity contribution in [1.82, 2.24) is 5.32 Å². The molecule has 0 aliphatic carbocycles. The van der Waals surface area contributed by atoms with Crippen LogP contribution in [0.15, 0.2) is 30.3 Å². The molecule has 102 valence electrons. The van der Waals surface area contributed by atoms with E-state index in [1.54, 1.807) is 0 Å². The number of aryl methyl sites for hydroxylation is 1. The second-order valence-electron chi connectivity index (χ2n) is 4.88. The highest BCUT2D eigenvalue weighted by Gasteiger charge is 2.04. The first-order valence-corrected chi connectivity index (χ1v) is 6.71. The molecule has 0 saturated carbocycles. The van der Waals surface area contributed by atoms with Gasteiger partial charge in [0.2, 0.25) is 0 Å². The molecular weight excluding hydrogens is 226 g/mol. The summed E-state index contributed by atoms with van der Waals surface area (Å²) in [7, 11) is 0. The smallest absolute Gasteiger partial charge is 0.0897 e. The van der Waals surface area contributed by atoms with Crippen molar-refractivity contribution in [2.45, 2.75) is 38.8 Å². The van der Waals surface area contributed by atoms with E-state index in [1.807, 2.05) is 6.07 Å². The number of rotatable bonds is 9. The Hall–Kier alpha value is -0.900. The van der Waals surface area contributed by atoms with E-state index in [1.165, 1.54) is 5.56 Å². The summed E-state index contributed by atoms with van der Waals surface area (Å²) in [6.07, 6.45) is 1.61. The number of aliphatic hydroxyl groups excluding tert-OH is 1. The fourth-order valence-electron chi connectivity index (χ4n) is 1.67. The van der Waals surface area contributed by atoms with Crippen molar-refractivity contribution < 1.29 is 9.84 Å². The Balaban J connectivity index is 1.98. The second kappa shape index (κ2) is 9.09. The number of benzene rings is 1. The lowest BCUT2D eigenvalue weighted by Crippen LogP contribution is -2.34. The molecule has 0 heterocycles. The average molecular weight is 251 g/mol. The molecule has 18 heavy (non-hydrogen) atoms. The number of aliphatic hydroxyl groups is 1. The van der Waals surface area contributed by atoms with E-state index in [4.69, 9.17) is 4.74 Å². The lowest BCUT2D eigenvalue weighted by atomic mass is 10.1. The van der Waals surface area contributed by atoms with Crippen LogP contribution in [0.1, 0.15) is 25.8 Å². The minimum absolute atomic E-state index is 0.401. The third-order valence-electron chi connectivity index (χ3n) is 2.67. The van der Waals surface area contributed by atoms with Crippen molar-refractivity contribution in [3.05, 3.63) is 35.9 Å². The first kappa shape index (κ1) is 15.2. The highest BCUT2D eigenvalue weighted by Crippen LogP contribution is 2.02. The minimum Gasteiger partial charge on any atom is -0.389 e. The Labute approximate surface area is 110 Å². The fourth-order valence-corrected chi connectivity index (χ4v) is 1.67. The predicted molar refractivity (Wildman–Crippen MR) is 74.7 cm³/mol. The number of hydrogen-bond donors (Lipinski definition) is 2. The molecule has 1 aromatic carbocycles. The van der Waals surface area contributed by atoms with Gasteiger partial charge in [0.15, 0.2) is 0 Å². The number of ether oxygens (including phenoxy) is 1. The Bertz CT molecular complexity index is 301. The van der Waals surface area contributed by atoms with Crippen molar-refractivity contribution in [3.63, 3.8) is 0 Å². The molecule has 0 amide bonds. The van der Waals surface area contributed by atoms with Crippen LogP contribution in [0.5, 0.6) is 0 Å². The van der Waals surface area contributed by atoms with Crippen LogP contribution in [0.2, 0.25) is 0 Å². The molecule has 1 aromatic rings. The molecule has 1 rings (SSSR count). The number of hydrogen-bond acceptors (Lipinski definition) is 3. The van der Waals surface area contributed by atoms with Gasteiger partial charge in [0, 0.05) is 19.2 Å². The molecule has 0 saturated heterocycles. The zero-order valence-corrected chi connectivity index (χ0v) is 11.4. The van der Waals surface area contributed by atoms with Gasteiger partial charge in [-0.15, -0.1) is 0 Å². The summed E-state index contributed by atoms with van der Waals surface area (Å²) in [6, 6.07) is 10.8. The first-order valence-electron chi connectivity index (χ1n) is 6.71. The molecule has 3 nitrogen and oxygen atoms in total. The molecule has 0 aliphatic heterocycles. The van der Waals surface area contributed by atoms with Crippen LogP contribution in [-0.2, 0) is 11.2 Å². The van der Waals surface area contributed by atoms with Gasteiger partial charge in [-0.3, -0.25) is 0 Å². The highest BCUT2D eigenvalue weighted by atomic mass is 16.5. The molecule has 0 aliphatic rings. The summed E-state index contributed by atoms with van der Waals surface area (Å²) in [5, 5.41) is 12.8. The van der Waals surface area contributed by atoms with Gasteiger partial charge < -0.3 is 15.2 Å². The topological polar surface area (TPSA) is 41.5 Å². The van der Waals surface area contributed by atoms with Crippen LogP contribution in [0, 0.1) is 0 Å². The van der Waals surface area contributed by atoms with Crippen LogP contribution >= 0.6 is 0 Å². The summed E-state index contributed by atoms with van der Waals surface area (Å²) in [5.74, 6) is 0. The van der Waals surface area contributed by atoms with Gasteiger partial charge in [0.1, 0.15) is 0 Å².